The summed E-state index contributed by atoms with van der Waals surface area (Å²) in [6.45, 7) is -2.57. The summed E-state index contributed by atoms with van der Waals surface area (Å²) < 4.78 is 54.2. The minimum atomic E-state index is -5.63. The highest BCUT2D eigenvalue weighted by Gasteiger charge is 2.50. The Morgan fingerprint density at radius 3 is 2.34 bits per heavy atom. The van der Waals surface area contributed by atoms with Crippen LogP contribution in [-0.4, -0.2) is 120 Å². The van der Waals surface area contributed by atoms with Crippen LogP contribution in [-0.2, 0) is 41.5 Å². The Bertz CT molecular complexity index is 1270. The topological polar surface area (TPSA) is 329 Å². The number of aromatic nitrogens is 2. The molecule has 1 aromatic rings. The number of phosphoric acid groups is 2. The number of ether oxygens (including phenoxy) is 3. The van der Waals surface area contributed by atoms with Gasteiger partial charge >= 0.3 is 27.3 Å². The number of carbonyl (C=O) groups is 1. The SMILES string of the molecule is N[C@H]1[C@@H](OP(=O)(O)OP(=O)(O)OC[C@H]2O[C@@H](n3ccc(=O)[nH]c3=O)[C@H](O)[C@@H]2O)O[C@H](CO)[C@@H](O)[C@@H]1OC(=O)CCO. The Morgan fingerprint density at radius 1 is 1.05 bits per heavy atom. The minimum absolute atomic E-state index is 0.502. The average molecular weight is 637 g/mol. The van der Waals surface area contributed by atoms with E-state index in [-0.39, 0.29) is 0 Å². The molecule has 234 valence electrons. The Kier molecular flexibility index (Phi) is 11.1. The highest BCUT2D eigenvalue weighted by Crippen LogP contribution is 2.61. The Balaban J connectivity index is 1.63. The molecule has 2 saturated heterocycles. The van der Waals surface area contributed by atoms with Gasteiger partial charge in [0, 0.05) is 12.3 Å². The highest BCUT2D eigenvalue weighted by molar-refractivity contribution is 7.61. The quantitative estimate of drug-likeness (QED) is 0.0766. The van der Waals surface area contributed by atoms with Gasteiger partial charge in [0.25, 0.3) is 5.56 Å². The fourth-order valence-corrected chi connectivity index (χ4v) is 6.00. The molecule has 41 heavy (non-hydrogen) atoms. The molecular weight excluding hydrogens is 608 g/mol. The van der Waals surface area contributed by atoms with Gasteiger partial charge in [-0.2, -0.15) is 4.31 Å². The van der Waals surface area contributed by atoms with Crippen LogP contribution in [0.5, 0.6) is 0 Å². The third-order valence-electron chi connectivity index (χ3n) is 5.79. The first-order chi connectivity index (χ1) is 19.1. The number of rotatable bonds is 12. The first-order valence-corrected chi connectivity index (χ1v) is 14.6. The first kappa shape index (κ1) is 33.6. The van der Waals surface area contributed by atoms with Gasteiger partial charge < -0.3 is 55.3 Å². The van der Waals surface area contributed by atoms with E-state index < -0.39 is 114 Å². The van der Waals surface area contributed by atoms with Crippen LogP contribution in [0.2, 0.25) is 0 Å². The van der Waals surface area contributed by atoms with Crippen molar-refractivity contribution in [2.45, 2.75) is 61.6 Å². The Morgan fingerprint density at radius 2 is 1.73 bits per heavy atom. The summed E-state index contributed by atoms with van der Waals surface area (Å²) in [5.41, 5.74) is 4.04. The van der Waals surface area contributed by atoms with Crippen LogP contribution in [0.1, 0.15) is 12.6 Å². The van der Waals surface area contributed by atoms with Crippen molar-refractivity contribution in [1.29, 1.82) is 0 Å². The molecule has 0 aromatic carbocycles. The summed E-state index contributed by atoms with van der Waals surface area (Å²) in [5.74, 6) is -1.03. The van der Waals surface area contributed by atoms with Crippen LogP contribution >= 0.6 is 15.6 Å². The molecule has 0 saturated carbocycles. The van der Waals surface area contributed by atoms with Gasteiger partial charge in [0.1, 0.15) is 30.5 Å². The van der Waals surface area contributed by atoms with Crippen molar-refractivity contribution in [3.05, 3.63) is 33.1 Å². The predicted molar refractivity (Wildman–Crippen MR) is 126 cm³/mol. The molecule has 11 atom stereocenters. The molecule has 3 heterocycles. The van der Waals surface area contributed by atoms with Crippen molar-refractivity contribution >= 4 is 21.6 Å². The first-order valence-electron chi connectivity index (χ1n) is 11.6. The summed E-state index contributed by atoms with van der Waals surface area (Å²) in [5, 5.41) is 48.9. The lowest BCUT2D eigenvalue weighted by Gasteiger charge is -2.42. The van der Waals surface area contributed by atoms with Crippen LogP contribution in [0.15, 0.2) is 21.9 Å². The van der Waals surface area contributed by atoms with E-state index in [1.54, 1.807) is 0 Å². The van der Waals surface area contributed by atoms with Crippen molar-refractivity contribution < 1.29 is 76.8 Å². The summed E-state index contributed by atoms with van der Waals surface area (Å²) in [6, 6.07) is -0.787. The maximum Gasteiger partial charge on any atom is 0.483 e. The molecule has 21 nitrogen and oxygen atoms in total. The van der Waals surface area contributed by atoms with Gasteiger partial charge in [-0.25, -0.2) is 13.9 Å². The lowest BCUT2D eigenvalue weighted by atomic mass is 9.97. The van der Waals surface area contributed by atoms with E-state index in [4.69, 9.17) is 25.1 Å². The highest BCUT2D eigenvalue weighted by atomic mass is 31.3. The monoisotopic (exact) mass is 637 g/mol. The summed E-state index contributed by atoms with van der Waals surface area (Å²) >= 11 is 0. The van der Waals surface area contributed by atoms with Gasteiger partial charge in [0.05, 0.1) is 32.3 Å². The van der Waals surface area contributed by atoms with Gasteiger partial charge in [-0.15, -0.1) is 0 Å². The average Bonchev–Trinajstić information content (AvgIpc) is 3.15. The zero-order chi connectivity index (χ0) is 30.7. The Labute approximate surface area is 228 Å². The fraction of sp³-hybridized carbons (Fsp3) is 0.722. The number of aliphatic hydroxyl groups is 5. The molecule has 0 spiro atoms. The summed E-state index contributed by atoms with van der Waals surface area (Å²) in [6.07, 6.45) is -13.3. The van der Waals surface area contributed by atoms with E-state index in [1.165, 1.54) is 0 Å². The largest absolute Gasteiger partial charge is 0.483 e. The summed E-state index contributed by atoms with van der Waals surface area (Å²) in [7, 11) is -11.2. The molecule has 3 rings (SSSR count). The molecule has 2 aliphatic heterocycles. The molecule has 2 fully saturated rings. The van der Waals surface area contributed by atoms with Gasteiger partial charge in [-0.3, -0.25) is 28.2 Å². The molecule has 0 amide bonds. The van der Waals surface area contributed by atoms with Crippen molar-refractivity contribution in [3.8, 4) is 0 Å². The molecule has 10 N–H and O–H groups in total. The van der Waals surface area contributed by atoms with Gasteiger partial charge in [0.15, 0.2) is 18.6 Å². The number of aromatic amines is 1. The number of hydrogen-bond donors (Lipinski definition) is 9. The van der Waals surface area contributed by atoms with Crippen LogP contribution in [0.3, 0.4) is 0 Å². The second-order valence-corrected chi connectivity index (χ2v) is 11.7. The maximum absolute atomic E-state index is 12.5. The minimum Gasteiger partial charge on any atom is -0.458 e. The van der Waals surface area contributed by atoms with E-state index in [0.717, 1.165) is 16.8 Å². The zero-order valence-corrected chi connectivity index (χ0v) is 22.5. The van der Waals surface area contributed by atoms with E-state index >= 15 is 0 Å². The normalized spacial score (nSPS) is 35.0. The van der Waals surface area contributed by atoms with Gasteiger partial charge in [-0.05, 0) is 0 Å². The molecule has 2 unspecified atom stereocenters. The molecule has 2 aliphatic rings. The van der Waals surface area contributed by atoms with E-state index in [0.29, 0.717) is 0 Å². The smallest absolute Gasteiger partial charge is 0.458 e. The maximum atomic E-state index is 12.5. The van der Waals surface area contributed by atoms with Crippen LogP contribution < -0.4 is 17.0 Å². The standard InChI is InChI=1S/C18H29N3O18P2/c19-11-15(37-10(25)2-4-22)13(27)7(5-23)36-17(11)38-41(32,33)39-40(30,31)34-6-8-12(26)14(28)16(35-8)21-3-1-9(24)20-18(21)29/h1,3,7-8,11-17,22-23,26-28H,2,4-6,19H2,(H,30,31)(H,32,33)(H,20,24,29)/t7-,8-,11-,12-,13-,14-,15-,16-,17-/m1/s1. The number of esters is 1. The van der Waals surface area contributed by atoms with E-state index in [1.807, 2.05) is 4.98 Å². The second-order valence-electron chi connectivity index (χ2n) is 8.71. The van der Waals surface area contributed by atoms with Crippen LogP contribution in [0.25, 0.3) is 0 Å². The van der Waals surface area contributed by atoms with E-state index in [9.17, 15) is 53.7 Å². The van der Waals surface area contributed by atoms with Gasteiger partial charge in [0.2, 0.25) is 0 Å². The third-order valence-corrected chi connectivity index (χ3v) is 8.39. The number of nitrogens with one attached hydrogen (secondary N) is 1. The number of nitrogens with zero attached hydrogens (tertiary/aromatic N) is 1. The number of H-pyrrole nitrogens is 1. The second kappa shape index (κ2) is 13.6. The molecule has 0 radical (unpaired) electrons. The van der Waals surface area contributed by atoms with Crippen LogP contribution in [0.4, 0.5) is 0 Å². The lowest BCUT2D eigenvalue weighted by Crippen LogP contribution is -2.63. The van der Waals surface area contributed by atoms with Crippen molar-refractivity contribution in [3.63, 3.8) is 0 Å². The summed E-state index contributed by atoms with van der Waals surface area (Å²) in [4.78, 5) is 56.8. The van der Waals surface area contributed by atoms with Crippen LogP contribution in [0, 0.1) is 0 Å². The number of phosphoric ester groups is 2. The van der Waals surface area contributed by atoms with E-state index in [2.05, 4.69) is 13.4 Å². The molecule has 0 aliphatic carbocycles. The molecule has 0 bridgehead atoms. The van der Waals surface area contributed by atoms with Crippen molar-refractivity contribution in [2.24, 2.45) is 5.73 Å². The molecular formula is C18H29N3O18P2. The van der Waals surface area contributed by atoms with Crippen molar-refractivity contribution in [2.75, 3.05) is 19.8 Å². The third kappa shape index (κ3) is 8.35. The van der Waals surface area contributed by atoms with Gasteiger partial charge in [-0.1, -0.05) is 0 Å². The number of aliphatic hydroxyl groups excluding tert-OH is 5. The molecule has 23 heteroatoms. The predicted octanol–water partition coefficient (Wildman–Crippen LogP) is -4.89. The number of carbonyl (C=O) groups excluding carboxylic acids is 1. The fourth-order valence-electron chi connectivity index (χ4n) is 3.83. The number of nitrogens with two attached hydrogens (primary N) is 1. The molecule has 1 aromatic heterocycles. The zero-order valence-electron chi connectivity index (χ0n) is 20.7. The number of hydrogen-bond acceptors (Lipinski definition) is 17. The van der Waals surface area contributed by atoms with Crippen molar-refractivity contribution in [1.82, 2.24) is 9.55 Å². The Hall–Kier alpha value is -1.91. The lowest BCUT2D eigenvalue weighted by molar-refractivity contribution is -0.248.